The molecule has 0 heterocycles. The minimum Gasteiger partial charge on any atom is -0.478 e. The first-order chi connectivity index (χ1) is 9.47. The molecule has 1 N–H and O–H groups in total. The van der Waals surface area contributed by atoms with Crippen molar-refractivity contribution in [3.8, 4) is 0 Å². The van der Waals surface area contributed by atoms with E-state index < -0.39 is 5.97 Å². The zero-order chi connectivity index (χ0) is 14.7. The number of hydrogen-bond acceptors (Lipinski definition) is 2. The highest BCUT2D eigenvalue weighted by atomic mass is 35.5. The van der Waals surface area contributed by atoms with Gasteiger partial charge < -0.3 is 5.11 Å². The van der Waals surface area contributed by atoms with Gasteiger partial charge in [-0.25, -0.2) is 4.79 Å². The molecule has 20 heavy (non-hydrogen) atoms. The van der Waals surface area contributed by atoms with Gasteiger partial charge in [-0.2, -0.15) is 0 Å². The van der Waals surface area contributed by atoms with Gasteiger partial charge in [0.1, 0.15) is 0 Å². The SMILES string of the molecule is CC(C)c1ccc(Sc2ccc(Cl)cc2C(=O)O)cc1. The Morgan fingerprint density at radius 1 is 1.15 bits per heavy atom. The summed E-state index contributed by atoms with van der Waals surface area (Å²) in [5.74, 6) is -0.479. The van der Waals surface area contributed by atoms with Crippen LogP contribution in [0.25, 0.3) is 0 Å². The molecule has 0 radical (unpaired) electrons. The quantitative estimate of drug-likeness (QED) is 0.831. The summed E-state index contributed by atoms with van der Waals surface area (Å²) in [6, 6.07) is 13.1. The molecule has 2 nitrogen and oxygen atoms in total. The first-order valence-corrected chi connectivity index (χ1v) is 7.47. The molecule has 0 aromatic heterocycles. The second-order valence-corrected chi connectivity index (χ2v) is 6.32. The van der Waals surface area contributed by atoms with E-state index in [9.17, 15) is 9.90 Å². The van der Waals surface area contributed by atoms with E-state index in [1.165, 1.54) is 23.4 Å². The molecule has 0 aliphatic carbocycles. The molecule has 0 amide bonds. The number of rotatable bonds is 4. The highest BCUT2D eigenvalue weighted by Gasteiger charge is 2.12. The highest BCUT2D eigenvalue weighted by molar-refractivity contribution is 7.99. The minimum absolute atomic E-state index is 0.232. The molecule has 2 aromatic rings. The Labute approximate surface area is 127 Å². The predicted octanol–water partition coefficient (Wildman–Crippen LogP) is 5.31. The van der Waals surface area contributed by atoms with E-state index in [2.05, 4.69) is 26.0 Å². The third kappa shape index (κ3) is 3.56. The number of aromatic carboxylic acids is 1. The first-order valence-electron chi connectivity index (χ1n) is 6.28. The maximum absolute atomic E-state index is 11.2. The zero-order valence-corrected chi connectivity index (χ0v) is 12.8. The van der Waals surface area contributed by atoms with Gasteiger partial charge in [0.05, 0.1) is 5.56 Å². The van der Waals surface area contributed by atoms with Crippen LogP contribution in [0.2, 0.25) is 5.02 Å². The molecule has 0 saturated carbocycles. The second kappa shape index (κ2) is 6.33. The first kappa shape index (κ1) is 14.9. The van der Waals surface area contributed by atoms with Crippen molar-refractivity contribution in [2.45, 2.75) is 29.6 Å². The van der Waals surface area contributed by atoms with Crippen LogP contribution in [-0.4, -0.2) is 11.1 Å². The highest BCUT2D eigenvalue weighted by Crippen LogP contribution is 2.32. The molecule has 0 fully saturated rings. The van der Waals surface area contributed by atoms with Gasteiger partial charge in [0.25, 0.3) is 0 Å². The van der Waals surface area contributed by atoms with Crippen LogP contribution >= 0.6 is 23.4 Å². The van der Waals surface area contributed by atoms with Gasteiger partial charge in [-0.3, -0.25) is 0 Å². The lowest BCUT2D eigenvalue weighted by Crippen LogP contribution is -1.98. The third-order valence-corrected chi connectivity index (χ3v) is 4.27. The third-order valence-electron chi connectivity index (χ3n) is 2.95. The Morgan fingerprint density at radius 3 is 2.35 bits per heavy atom. The molecule has 0 atom stereocenters. The van der Waals surface area contributed by atoms with Crippen molar-refractivity contribution in [3.05, 3.63) is 58.6 Å². The maximum Gasteiger partial charge on any atom is 0.336 e. The monoisotopic (exact) mass is 306 g/mol. The molecule has 0 unspecified atom stereocenters. The van der Waals surface area contributed by atoms with Gasteiger partial charge in [-0.05, 0) is 41.8 Å². The number of carboxylic acid groups (broad SMARTS) is 1. The van der Waals surface area contributed by atoms with E-state index in [1.54, 1.807) is 12.1 Å². The summed E-state index contributed by atoms with van der Waals surface area (Å²) in [4.78, 5) is 12.9. The molecule has 0 aliphatic heterocycles. The van der Waals surface area contributed by atoms with E-state index >= 15 is 0 Å². The summed E-state index contributed by atoms with van der Waals surface area (Å²) in [5, 5.41) is 9.65. The lowest BCUT2D eigenvalue weighted by molar-refractivity contribution is 0.0693. The molecule has 0 spiro atoms. The summed E-state index contributed by atoms with van der Waals surface area (Å²) < 4.78 is 0. The maximum atomic E-state index is 11.2. The standard InChI is InChI=1S/C16H15ClO2S/c1-10(2)11-3-6-13(7-4-11)20-15-8-5-12(17)9-14(15)16(18)19/h3-10H,1-2H3,(H,18,19). The molecule has 4 heteroatoms. The van der Waals surface area contributed by atoms with Crippen molar-refractivity contribution in [2.75, 3.05) is 0 Å². The summed E-state index contributed by atoms with van der Waals surface area (Å²) in [7, 11) is 0. The lowest BCUT2D eigenvalue weighted by Gasteiger charge is -2.08. The fourth-order valence-corrected chi connectivity index (χ4v) is 2.90. The molecule has 0 aliphatic rings. The van der Waals surface area contributed by atoms with Crippen LogP contribution in [0.15, 0.2) is 52.3 Å². The van der Waals surface area contributed by atoms with Crippen LogP contribution < -0.4 is 0 Å². The van der Waals surface area contributed by atoms with Crippen molar-refractivity contribution >= 4 is 29.3 Å². The topological polar surface area (TPSA) is 37.3 Å². The van der Waals surface area contributed by atoms with Crippen molar-refractivity contribution in [1.29, 1.82) is 0 Å². The lowest BCUT2D eigenvalue weighted by atomic mass is 10.0. The van der Waals surface area contributed by atoms with E-state index in [1.807, 2.05) is 12.1 Å². The number of carboxylic acids is 1. The van der Waals surface area contributed by atoms with Gasteiger partial charge in [0.2, 0.25) is 0 Å². The normalized spacial score (nSPS) is 10.8. The Hall–Kier alpha value is -1.45. The molecule has 0 bridgehead atoms. The molecular weight excluding hydrogens is 292 g/mol. The van der Waals surface area contributed by atoms with Crippen LogP contribution in [0.4, 0.5) is 0 Å². The smallest absolute Gasteiger partial charge is 0.336 e. The van der Waals surface area contributed by atoms with Crippen LogP contribution in [0, 0.1) is 0 Å². The van der Waals surface area contributed by atoms with Crippen LogP contribution in [0.1, 0.15) is 35.7 Å². The van der Waals surface area contributed by atoms with Crippen molar-refractivity contribution < 1.29 is 9.90 Å². The van der Waals surface area contributed by atoms with E-state index in [0.717, 1.165) is 4.90 Å². The van der Waals surface area contributed by atoms with Crippen molar-refractivity contribution in [1.82, 2.24) is 0 Å². The molecule has 0 saturated heterocycles. The average Bonchev–Trinajstić information content (AvgIpc) is 2.41. The van der Waals surface area contributed by atoms with Gasteiger partial charge in [-0.1, -0.05) is 49.3 Å². The largest absolute Gasteiger partial charge is 0.478 e. The average molecular weight is 307 g/mol. The Kier molecular flexibility index (Phi) is 4.73. The molecular formula is C16H15ClO2S. The zero-order valence-electron chi connectivity index (χ0n) is 11.3. The minimum atomic E-state index is -0.964. The molecule has 2 aromatic carbocycles. The van der Waals surface area contributed by atoms with E-state index in [4.69, 9.17) is 11.6 Å². The van der Waals surface area contributed by atoms with Gasteiger partial charge in [0, 0.05) is 14.8 Å². The van der Waals surface area contributed by atoms with Crippen LogP contribution in [-0.2, 0) is 0 Å². The number of carbonyl (C=O) groups is 1. The van der Waals surface area contributed by atoms with E-state index in [0.29, 0.717) is 15.8 Å². The summed E-state index contributed by atoms with van der Waals surface area (Å²) in [6.07, 6.45) is 0. The fraction of sp³-hybridized carbons (Fsp3) is 0.188. The summed E-state index contributed by atoms with van der Waals surface area (Å²) >= 11 is 7.28. The Morgan fingerprint density at radius 2 is 1.80 bits per heavy atom. The summed E-state index contributed by atoms with van der Waals surface area (Å²) in [6.45, 7) is 4.29. The van der Waals surface area contributed by atoms with Crippen molar-refractivity contribution in [2.24, 2.45) is 0 Å². The molecule has 2 rings (SSSR count). The Balaban J connectivity index is 2.28. The second-order valence-electron chi connectivity index (χ2n) is 4.77. The van der Waals surface area contributed by atoms with Crippen LogP contribution in [0.5, 0.6) is 0 Å². The fourth-order valence-electron chi connectivity index (χ4n) is 1.81. The van der Waals surface area contributed by atoms with Crippen LogP contribution in [0.3, 0.4) is 0 Å². The molecule has 104 valence electrons. The Bertz CT molecular complexity index is 621. The predicted molar refractivity (Wildman–Crippen MR) is 83.1 cm³/mol. The number of hydrogen-bond donors (Lipinski definition) is 1. The van der Waals surface area contributed by atoms with Gasteiger partial charge >= 0.3 is 5.97 Å². The van der Waals surface area contributed by atoms with Gasteiger partial charge in [-0.15, -0.1) is 0 Å². The number of benzene rings is 2. The van der Waals surface area contributed by atoms with E-state index in [-0.39, 0.29) is 5.56 Å². The van der Waals surface area contributed by atoms with Gasteiger partial charge in [0.15, 0.2) is 0 Å². The van der Waals surface area contributed by atoms with Crippen molar-refractivity contribution in [3.63, 3.8) is 0 Å². The summed E-state index contributed by atoms with van der Waals surface area (Å²) in [5.41, 5.74) is 1.50. The number of halogens is 1.